The molecule has 0 aliphatic heterocycles. The van der Waals surface area contributed by atoms with Crippen molar-refractivity contribution in [2.45, 2.75) is 6.18 Å². The van der Waals surface area contributed by atoms with Crippen LogP contribution in [0.1, 0.15) is 0 Å². The van der Waals surface area contributed by atoms with Crippen molar-refractivity contribution in [3.63, 3.8) is 0 Å². The van der Waals surface area contributed by atoms with Gasteiger partial charge in [0.1, 0.15) is 0 Å². The Morgan fingerprint density at radius 3 is 2.74 bits per heavy atom. The molecule has 1 aromatic carbocycles. The van der Waals surface area contributed by atoms with Crippen LogP contribution in [-0.4, -0.2) is 17.1 Å². The molecule has 19 heavy (non-hydrogen) atoms. The van der Waals surface area contributed by atoms with Crippen LogP contribution in [0.3, 0.4) is 0 Å². The van der Waals surface area contributed by atoms with Gasteiger partial charge in [0.2, 0.25) is 0 Å². The van der Waals surface area contributed by atoms with Crippen molar-refractivity contribution in [1.29, 1.82) is 0 Å². The fourth-order valence-corrected chi connectivity index (χ4v) is 2.39. The van der Waals surface area contributed by atoms with E-state index < -0.39 is 12.1 Å². The number of halogens is 4. The van der Waals surface area contributed by atoms with E-state index in [1.807, 2.05) is 6.07 Å². The lowest BCUT2D eigenvalue weighted by molar-refractivity contribution is -0.167. The van der Waals surface area contributed by atoms with Crippen LogP contribution in [0.2, 0.25) is 0 Å². The van der Waals surface area contributed by atoms with Crippen molar-refractivity contribution in [3.05, 3.63) is 34.1 Å². The monoisotopic (exact) mass is 350 g/mol. The molecular formula is C11H6BrF3N2OS. The van der Waals surface area contributed by atoms with Crippen LogP contribution in [0.5, 0.6) is 0 Å². The summed E-state index contributed by atoms with van der Waals surface area (Å²) >= 11 is 4.23. The second kappa shape index (κ2) is 5.30. The van der Waals surface area contributed by atoms with Gasteiger partial charge >= 0.3 is 12.1 Å². The van der Waals surface area contributed by atoms with Gasteiger partial charge in [-0.15, -0.1) is 11.3 Å². The molecule has 0 bridgehead atoms. The van der Waals surface area contributed by atoms with E-state index in [1.165, 1.54) is 0 Å². The highest BCUT2D eigenvalue weighted by Crippen LogP contribution is 2.27. The Labute approximate surface area is 118 Å². The third-order valence-electron chi connectivity index (χ3n) is 2.10. The number of amides is 1. The van der Waals surface area contributed by atoms with Crippen LogP contribution in [0.25, 0.3) is 11.3 Å². The Morgan fingerprint density at radius 1 is 1.37 bits per heavy atom. The largest absolute Gasteiger partial charge is 0.471 e. The minimum absolute atomic E-state index is 0.0858. The molecule has 0 atom stereocenters. The average Bonchev–Trinajstić information content (AvgIpc) is 2.76. The molecule has 0 fully saturated rings. The highest BCUT2D eigenvalue weighted by atomic mass is 79.9. The number of benzene rings is 1. The van der Waals surface area contributed by atoms with Crippen molar-refractivity contribution >= 4 is 38.3 Å². The van der Waals surface area contributed by atoms with Gasteiger partial charge in [-0.25, -0.2) is 4.98 Å². The summed E-state index contributed by atoms with van der Waals surface area (Å²) in [4.78, 5) is 14.7. The summed E-state index contributed by atoms with van der Waals surface area (Å²) in [5.74, 6) is -2.03. The quantitative estimate of drug-likeness (QED) is 0.886. The molecule has 0 saturated heterocycles. The van der Waals surface area contributed by atoms with Gasteiger partial charge < -0.3 is 0 Å². The predicted octanol–water partition coefficient (Wildman–Crippen LogP) is 4.07. The third-order valence-corrected chi connectivity index (χ3v) is 3.35. The highest BCUT2D eigenvalue weighted by Gasteiger charge is 2.39. The summed E-state index contributed by atoms with van der Waals surface area (Å²) < 4.78 is 37.1. The van der Waals surface area contributed by atoms with Gasteiger partial charge in [-0.05, 0) is 12.1 Å². The minimum atomic E-state index is -4.92. The first-order valence-electron chi connectivity index (χ1n) is 4.96. The van der Waals surface area contributed by atoms with Gasteiger partial charge in [0.25, 0.3) is 0 Å². The molecule has 100 valence electrons. The molecule has 2 aromatic rings. The zero-order valence-corrected chi connectivity index (χ0v) is 11.6. The molecule has 1 N–H and O–H groups in total. The standard InChI is InChI=1S/C11H6BrF3N2OS/c12-7-3-1-2-6(4-7)8-5-19-10(16-8)17-9(18)11(13,14)15/h1-5H,(H,16,17,18). The Balaban J connectivity index is 2.18. The number of nitrogens with one attached hydrogen (secondary N) is 1. The molecule has 0 spiro atoms. The van der Waals surface area contributed by atoms with Crippen LogP contribution in [0.15, 0.2) is 34.1 Å². The molecule has 0 aliphatic rings. The lowest BCUT2D eigenvalue weighted by atomic mass is 10.2. The van der Waals surface area contributed by atoms with Crippen molar-refractivity contribution < 1.29 is 18.0 Å². The zero-order chi connectivity index (χ0) is 14.0. The Bertz CT molecular complexity index is 612. The number of carbonyl (C=O) groups excluding carboxylic acids is 1. The molecule has 0 aliphatic carbocycles. The lowest BCUT2D eigenvalue weighted by Gasteiger charge is -2.04. The smallest absolute Gasteiger partial charge is 0.294 e. The number of hydrogen-bond donors (Lipinski definition) is 1. The Morgan fingerprint density at radius 2 is 2.11 bits per heavy atom. The number of nitrogens with zero attached hydrogens (tertiary/aromatic N) is 1. The van der Waals surface area contributed by atoms with Crippen LogP contribution >= 0.6 is 27.3 Å². The summed E-state index contributed by atoms with van der Waals surface area (Å²) in [7, 11) is 0. The van der Waals surface area contributed by atoms with Gasteiger partial charge in [0.05, 0.1) is 5.69 Å². The summed E-state index contributed by atoms with van der Waals surface area (Å²) in [6.45, 7) is 0. The van der Waals surface area contributed by atoms with Crippen molar-refractivity contribution in [1.82, 2.24) is 4.98 Å². The van der Waals surface area contributed by atoms with Gasteiger partial charge in [-0.3, -0.25) is 10.1 Å². The minimum Gasteiger partial charge on any atom is -0.294 e. The van der Waals surface area contributed by atoms with Gasteiger partial charge in [0, 0.05) is 15.4 Å². The van der Waals surface area contributed by atoms with Crippen LogP contribution in [-0.2, 0) is 4.79 Å². The maximum atomic E-state index is 12.1. The second-order valence-electron chi connectivity index (χ2n) is 3.50. The highest BCUT2D eigenvalue weighted by molar-refractivity contribution is 9.10. The number of aromatic nitrogens is 1. The van der Waals surface area contributed by atoms with Crippen LogP contribution < -0.4 is 5.32 Å². The molecule has 0 radical (unpaired) electrons. The predicted molar refractivity (Wildman–Crippen MR) is 69.9 cm³/mol. The number of anilines is 1. The number of hydrogen-bond acceptors (Lipinski definition) is 3. The average molecular weight is 351 g/mol. The molecule has 1 aromatic heterocycles. The fourth-order valence-electron chi connectivity index (χ4n) is 1.28. The van der Waals surface area contributed by atoms with Crippen molar-refractivity contribution in [2.24, 2.45) is 0 Å². The molecule has 0 saturated carbocycles. The van der Waals surface area contributed by atoms with E-state index in [2.05, 4.69) is 20.9 Å². The van der Waals surface area contributed by atoms with Gasteiger partial charge in [-0.1, -0.05) is 28.1 Å². The molecule has 3 nitrogen and oxygen atoms in total. The van der Waals surface area contributed by atoms with E-state index in [-0.39, 0.29) is 5.13 Å². The van der Waals surface area contributed by atoms with E-state index in [0.29, 0.717) is 5.69 Å². The van der Waals surface area contributed by atoms with Crippen molar-refractivity contribution in [3.8, 4) is 11.3 Å². The number of thiazole rings is 1. The molecule has 8 heteroatoms. The topological polar surface area (TPSA) is 42.0 Å². The molecule has 1 amide bonds. The molecular weight excluding hydrogens is 345 g/mol. The third kappa shape index (κ3) is 3.54. The zero-order valence-electron chi connectivity index (χ0n) is 9.16. The Hall–Kier alpha value is -1.41. The maximum absolute atomic E-state index is 12.1. The normalized spacial score (nSPS) is 11.4. The number of alkyl halides is 3. The number of rotatable bonds is 2. The van der Waals surface area contributed by atoms with E-state index in [0.717, 1.165) is 21.4 Å². The first kappa shape index (κ1) is 14.0. The summed E-state index contributed by atoms with van der Waals surface area (Å²) in [6, 6.07) is 7.16. The fraction of sp³-hybridized carbons (Fsp3) is 0.0909. The van der Waals surface area contributed by atoms with Gasteiger partial charge in [0.15, 0.2) is 5.13 Å². The summed E-state index contributed by atoms with van der Waals surface area (Å²) in [5, 5.41) is 3.21. The van der Waals surface area contributed by atoms with Crippen LogP contribution in [0.4, 0.5) is 18.3 Å². The molecule has 2 rings (SSSR count). The van der Waals surface area contributed by atoms with E-state index in [9.17, 15) is 18.0 Å². The van der Waals surface area contributed by atoms with Crippen LogP contribution in [0, 0.1) is 0 Å². The summed E-state index contributed by atoms with van der Waals surface area (Å²) in [5.41, 5.74) is 1.25. The second-order valence-corrected chi connectivity index (χ2v) is 5.27. The Kier molecular flexibility index (Phi) is 3.91. The number of carbonyl (C=O) groups is 1. The maximum Gasteiger partial charge on any atom is 0.471 e. The SMILES string of the molecule is O=C(Nc1nc(-c2cccc(Br)c2)cs1)C(F)(F)F. The van der Waals surface area contributed by atoms with E-state index >= 15 is 0 Å². The molecule has 0 unspecified atom stereocenters. The lowest BCUT2D eigenvalue weighted by Crippen LogP contribution is -2.29. The first-order chi connectivity index (χ1) is 8.86. The first-order valence-corrected chi connectivity index (χ1v) is 6.63. The van der Waals surface area contributed by atoms with E-state index in [1.54, 1.807) is 28.9 Å². The van der Waals surface area contributed by atoms with Gasteiger partial charge in [-0.2, -0.15) is 13.2 Å². The van der Waals surface area contributed by atoms with E-state index in [4.69, 9.17) is 0 Å². The van der Waals surface area contributed by atoms with Crippen molar-refractivity contribution in [2.75, 3.05) is 5.32 Å². The summed E-state index contributed by atoms with van der Waals surface area (Å²) in [6.07, 6.45) is -4.92. The molecule has 1 heterocycles.